The molecule has 3 rings (SSSR count). The van der Waals surface area contributed by atoms with E-state index in [0.29, 0.717) is 18.1 Å². The number of hydrogen-bond donors (Lipinski definition) is 0. The molecule has 148 valence electrons. The predicted octanol–water partition coefficient (Wildman–Crippen LogP) is 2.49. The van der Waals surface area contributed by atoms with Gasteiger partial charge in [0.25, 0.3) is 0 Å². The number of rotatable bonds is 3. The summed E-state index contributed by atoms with van der Waals surface area (Å²) in [5, 5.41) is 0. The van der Waals surface area contributed by atoms with E-state index in [1.165, 1.54) is 12.4 Å². The average Bonchev–Trinajstić information content (AvgIpc) is 2.58. The third-order valence-electron chi connectivity index (χ3n) is 4.96. The predicted molar refractivity (Wildman–Crippen MR) is 99.7 cm³/mol. The van der Waals surface area contributed by atoms with Crippen molar-refractivity contribution in [2.24, 2.45) is 5.41 Å². The molecule has 1 aromatic rings. The molecule has 8 heteroatoms. The van der Waals surface area contributed by atoms with Gasteiger partial charge in [-0.15, -0.1) is 0 Å². The Hall–Kier alpha value is -2.38. The summed E-state index contributed by atoms with van der Waals surface area (Å²) in [6.45, 7) is 10.9. The second-order valence-corrected chi connectivity index (χ2v) is 8.32. The first-order chi connectivity index (χ1) is 12.7. The molecule has 2 saturated heterocycles. The minimum absolute atomic E-state index is 0.179. The molecule has 1 aromatic heterocycles. The minimum atomic E-state index is -0.462. The molecule has 3 heterocycles. The zero-order valence-corrected chi connectivity index (χ0v) is 16.5. The summed E-state index contributed by atoms with van der Waals surface area (Å²) in [4.78, 5) is 36.3. The number of hydrogen-bond acceptors (Lipinski definition) is 7. The van der Waals surface area contributed by atoms with E-state index in [0.717, 1.165) is 39.0 Å². The number of aromatic nitrogens is 2. The summed E-state index contributed by atoms with van der Waals surface area (Å²) in [6, 6.07) is 0. The summed E-state index contributed by atoms with van der Waals surface area (Å²) < 4.78 is 10.4. The number of likely N-dealkylation sites (tertiary alicyclic amines) is 1. The number of nitrogens with zero attached hydrogens (tertiary/aromatic N) is 4. The highest BCUT2D eigenvalue weighted by molar-refractivity contribution is 5.88. The minimum Gasteiger partial charge on any atom is -0.462 e. The van der Waals surface area contributed by atoms with Gasteiger partial charge in [-0.25, -0.2) is 19.6 Å². The van der Waals surface area contributed by atoms with Gasteiger partial charge in [0, 0.05) is 44.0 Å². The van der Waals surface area contributed by atoms with Crippen molar-refractivity contribution >= 4 is 18.0 Å². The third-order valence-corrected chi connectivity index (χ3v) is 4.96. The maximum absolute atomic E-state index is 12.1. The average molecular weight is 376 g/mol. The van der Waals surface area contributed by atoms with Gasteiger partial charge in [-0.05, 0) is 40.5 Å². The second-order valence-electron chi connectivity index (χ2n) is 8.32. The zero-order chi connectivity index (χ0) is 19.7. The summed E-state index contributed by atoms with van der Waals surface area (Å²) >= 11 is 0. The summed E-state index contributed by atoms with van der Waals surface area (Å²) in [7, 11) is 0. The highest BCUT2D eigenvalue weighted by Crippen LogP contribution is 2.41. The Labute approximate surface area is 159 Å². The molecular weight excluding hydrogens is 348 g/mol. The lowest BCUT2D eigenvalue weighted by Crippen LogP contribution is -2.62. The van der Waals surface area contributed by atoms with Gasteiger partial charge in [0.05, 0.1) is 12.2 Å². The van der Waals surface area contributed by atoms with Gasteiger partial charge < -0.3 is 19.3 Å². The van der Waals surface area contributed by atoms with E-state index < -0.39 is 11.6 Å². The normalized spacial score (nSPS) is 18.8. The lowest BCUT2D eigenvalue weighted by molar-refractivity contribution is -0.0435. The molecule has 0 bridgehead atoms. The fourth-order valence-corrected chi connectivity index (χ4v) is 3.52. The summed E-state index contributed by atoms with van der Waals surface area (Å²) in [5.41, 5.74) is 0.0789. The first-order valence-electron chi connectivity index (χ1n) is 9.43. The van der Waals surface area contributed by atoms with Crippen LogP contribution in [0.5, 0.6) is 0 Å². The fraction of sp³-hybridized carbons (Fsp3) is 0.684. The molecule has 0 aromatic carbocycles. The van der Waals surface area contributed by atoms with Crippen LogP contribution < -0.4 is 4.90 Å². The summed E-state index contributed by atoms with van der Waals surface area (Å²) in [5.74, 6) is 0.222. The van der Waals surface area contributed by atoms with Gasteiger partial charge >= 0.3 is 12.1 Å². The number of piperidine rings is 1. The second kappa shape index (κ2) is 7.32. The molecule has 0 unspecified atom stereocenters. The van der Waals surface area contributed by atoms with E-state index in [9.17, 15) is 9.59 Å². The molecule has 0 N–H and O–H groups in total. The molecule has 0 saturated carbocycles. The highest BCUT2D eigenvalue weighted by Gasteiger charge is 2.48. The van der Waals surface area contributed by atoms with Crippen LogP contribution in [0.1, 0.15) is 50.9 Å². The largest absolute Gasteiger partial charge is 0.462 e. The van der Waals surface area contributed by atoms with Gasteiger partial charge in [0.1, 0.15) is 5.60 Å². The topological polar surface area (TPSA) is 84.9 Å². The number of carbonyl (C=O) groups is 2. The molecule has 2 aliphatic heterocycles. The molecule has 8 nitrogen and oxygen atoms in total. The standard InChI is InChI=1S/C19H28N4O4/c1-5-26-15(24)14-10-20-16(21-11-14)22-8-6-19(7-9-22)12-23(13-19)17(25)27-18(2,3)4/h10-11H,5-9,12-13H2,1-4H3. The maximum Gasteiger partial charge on any atom is 0.410 e. The van der Waals surface area contributed by atoms with Crippen LogP contribution in [0.2, 0.25) is 0 Å². The molecule has 0 aliphatic carbocycles. The van der Waals surface area contributed by atoms with E-state index >= 15 is 0 Å². The van der Waals surface area contributed by atoms with E-state index in [4.69, 9.17) is 9.47 Å². The number of amides is 1. The molecular formula is C19H28N4O4. The number of ether oxygens (including phenoxy) is 2. The van der Waals surface area contributed by atoms with Crippen molar-refractivity contribution in [2.45, 2.75) is 46.1 Å². The monoisotopic (exact) mass is 376 g/mol. The first-order valence-corrected chi connectivity index (χ1v) is 9.43. The van der Waals surface area contributed by atoms with Gasteiger partial charge in [-0.2, -0.15) is 0 Å². The van der Waals surface area contributed by atoms with Crippen LogP contribution in [0.25, 0.3) is 0 Å². The van der Waals surface area contributed by atoms with Crippen LogP contribution >= 0.6 is 0 Å². The smallest absolute Gasteiger partial charge is 0.410 e. The lowest BCUT2D eigenvalue weighted by Gasteiger charge is -2.53. The molecule has 0 atom stereocenters. The van der Waals surface area contributed by atoms with Crippen molar-refractivity contribution < 1.29 is 19.1 Å². The van der Waals surface area contributed by atoms with Crippen molar-refractivity contribution in [1.29, 1.82) is 0 Å². The van der Waals surface area contributed by atoms with E-state index in [1.54, 1.807) is 11.8 Å². The van der Waals surface area contributed by atoms with Crippen LogP contribution in [0.15, 0.2) is 12.4 Å². The van der Waals surface area contributed by atoms with Gasteiger partial charge in [0.15, 0.2) is 0 Å². The number of carbonyl (C=O) groups excluding carboxylic acids is 2. The Kier molecular flexibility index (Phi) is 5.26. The van der Waals surface area contributed by atoms with E-state index in [2.05, 4.69) is 14.9 Å². The Bertz CT molecular complexity index is 683. The van der Waals surface area contributed by atoms with Crippen LogP contribution in [0, 0.1) is 5.41 Å². The van der Waals surface area contributed by atoms with Crippen molar-refractivity contribution in [3.05, 3.63) is 18.0 Å². The quantitative estimate of drug-likeness (QED) is 0.749. The molecule has 2 fully saturated rings. The van der Waals surface area contributed by atoms with Crippen LogP contribution in [0.3, 0.4) is 0 Å². The molecule has 1 spiro atoms. The van der Waals surface area contributed by atoms with Crippen molar-refractivity contribution in [2.75, 3.05) is 37.7 Å². The fourth-order valence-electron chi connectivity index (χ4n) is 3.52. The lowest BCUT2D eigenvalue weighted by atomic mass is 9.72. The van der Waals surface area contributed by atoms with Crippen molar-refractivity contribution in [3.63, 3.8) is 0 Å². The van der Waals surface area contributed by atoms with Crippen molar-refractivity contribution in [3.8, 4) is 0 Å². The number of esters is 1. The van der Waals surface area contributed by atoms with Crippen LogP contribution in [-0.2, 0) is 9.47 Å². The highest BCUT2D eigenvalue weighted by atomic mass is 16.6. The van der Waals surface area contributed by atoms with E-state index in [1.807, 2.05) is 20.8 Å². The third kappa shape index (κ3) is 4.48. The molecule has 2 aliphatic rings. The van der Waals surface area contributed by atoms with Crippen LogP contribution in [-0.4, -0.2) is 65.3 Å². The summed E-state index contributed by atoms with van der Waals surface area (Å²) in [6.07, 6.45) is 4.76. The Morgan fingerprint density at radius 3 is 2.26 bits per heavy atom. The Morgan fingerprint density at radius 1 is 1.15 bits per heavy atom. The zero-order valence-electron chi connectivity index (χ0n) is 16.5. The molecule has 1 amide bonds. The number of anilines is 1. The van der Waals surface area contributed by atoms with Gasteiger partial charge in [0.2, 0.25) is 5.95 Å². The maximum atomic E-state index is 12.1. The Morgan fingerprint density at radius 2 is 1.74 bits per heavy atom. The Balaban J connectivity index is 1.50. The van der Waals surface area contributed by atoms with E-state index in [-0.39, 0.29) is 11.5 Å². The van der Waals surface area contributed by atoms with Gasteiger partial charge in [-0.3, -0.25) is 0 Å². The SMILES string of the molecule is CCOC(=O)c1cnc(N2CCC3(CC2)CN(C(=O)OC(C)(C)C)C3)nc1. The molecule has 27 heavy (non-hydrogen) atoms. The molecule has 0 radical (unpaired) electrons. The first kappa shape index (κ1) is 19.4. The van der Waals surface area contributed by atoms with Crippen molar-refractivity contribution in [1.82, 2.24) is 14.9 Å². The van der Waals surface area contributed by atoms with Gasteiger partial charge in [-0.1, -0.05) is 0 Å². The van der Waals surface area contributed by atoms with Crippen LogP contribution in [0.4, 0.5) is 10.7 Å².